The highest BCUT2D eigenvalue weighted by Gasteiger charge is 2.31. The number of carbonyl (C=O) groups excluding carboxylic acids is 4. The van der Waals surface area contributed by atoms with Crippen molar-refractivity contribution < 1.29 is 19.2 Å². The number of amides is 4. The summed E-state index contributed by atoms with van der Waals surface area (Å²) in [6, 6.07) is 18.9. The minimum atomic E-state index is -0.640. The lowest BCUT2D eigenvalue weighted by molar-refractivity contribution is -0.131. The van der Waals surface area contributed by atoms with Crippen LogP contribution in [0.1, 0.15) is 86.0 Å². The molecule has 1 aliphatic heterocycles. The molecule has 5 rings (SSSR count). The number of hydrogen-bond donors (Lipinski definition) is 3. The van der Waals surface area contributed by atoms with E-state index in [1.54, 1.807) is 34.8 Å². The van der Waals surface area contributed by atoms with Crippen LogP contribution in [0.2, 0.25) is 0 Å². The molecule has 1 aromatic heterocycles. The Morgan fingerprint density at radius 2 is 1.56 bits per heavy atom. The molecular formula is C39H51N7O4. The van der Waals surface area contributed by atoms with Gasteiger partial charge in [0, 0.05) is 58.4 Å². The van der Waals surface area contributed by atoms with E-state index in [0.717, 1.165) is 69.3 Å². The summed E-state index contributed by atoms with van der Waals surface area (Å²) in [5, 5.41) is 13.1. The highest BCUT2D eigenvalue weighted by Crippen LogP contribution is 2.26. The van der Waals surface area contributed by atoms with Crippen LogP contribution >= 0.6 is 0 Å². The van der Waals surface area contributed by atoms with Crippen LogP contribution in [0.25, 0.3) is 6.08 Å². The van der Waals surface area contributed by atoms with Gasteiger partial charge in [-0.05, 0) is 54.5 Å². The van der Waals surface area contributed by atoms with E-state index in [4.69, 9.17) is 0 Å². The molecule has 1 aliphatic carbocycles. The van der Waals surface area contributed by atoms with Gasteiger partial charge in [0.15, 0.2) is 0 Å². The summed E-state index contributed by atoms with van der Waals surface area (Å²) >= 11 is 0. The molecule has 50 heavy (non-hydrogen) atoms. The zero-order valence-electron chi connectivity index (χ0n) is 29.4. The average molecular weight is 682 g/mol. The van der Waals surface area contributed by atoms with Crippen LogP contribution in [-0.2, 0) is 34.0 Å². The molecule has 3 aromatic rings. The van der Waals surface area contributed by atoms with Crippen molar-refractivity contribution in [3.8, 4) is 0 Å². The van der Waals surface area contributed by atoms with Gasteiger partial charge in [0.2, 0.25) is 11.8 Å². The van der Waals surface area contributed by atoms with Gasteiger partial charge in [0.25, 0.3) is 11.8 Å². The fraction of sp³-hybridized carbons (Fsp3) is 0.462. The van der Waals surface area contributed by atoms with Crippen LogP contribution < -0.4 is 16.0 Å². The molecule has 1 saturated heterocycles. The number of carbonyl (C=O) groups is 4. The molecule has 3 N–H and O–H groups in total. The van der Waals surface area contributed by atoms with Crippen molar-refractivity contribution in [1.29, 1.82) is 0 Å². The summed E-state index contributed by atoms with van der Waals surface area (Å²) in [4.78, 5) is 57.0. The van der Waals surface area contributed by atoms with Gasteiger partial charge >= 0.3 is 0 Å². The third kappa shape index (κ3) is 10.1. The Bertz CT molecular complexity index is 1600. The molecule has 0 bridgehead atoms. The summed E-state index contributed by atoms with van der Waals surface area (Å²) in [5.74, 6) is -0.847. The molecular weight excluding hydrogens is 630 g/mol. The Hall–Kier alpha value is -4.77. The highest BCUT2D eigenvalue weighted by atomic mass is 16.2. The number of aromatic nitrogens is 2. The number of hydrogen-bond acceptors (Lipinski definition) is 6. The van der Waals surface area contributed by atoms with E-state index in [0.29, 0.717) is 31.9 Å². The van der Waals surface area contributed by atoms with Gasteiger partial charge in [-0.25, -0.2) is 0 Å². The van der Waals surface area contributed by atoms with Crippen molar-refractivity contribution in [2.24, 2.45) is 5.92 Å². The zero-order valence-corrected chi connectivity index (χ0v) is 29.4. The predicted molar refractivity (Wildman–Crippen MR) is 193 cm³/mol. The highest BCUT2D eigenvalue weighted by molar-refractivity contribution is 6.01. The van der Waals surface area contributed by atoms with Crippen LogP contribution in [0.5, 0.6) is 0 Å². The number of aryl methyl sites for hydroxylation is 1. The lowest BCUT2D eigenvalue weighted by Crippen LogP contribution is -2.51. The van der Waals surface area contributed by atoms with Gasteiger partial charge in [-0.2, -0.15) is 5.10 Å². The SMILES string of the molecule is CCC(=O)N/C(=C/c1ccc(CNC(=O)[C@@H](NC(=O)c2ccnn2CC)C2CCCCCC2)cc1)C(=O)N1CCN(Cc2ccccc2)CC1. The molecule has 0 spiro atoms. The maximum Gasteiger partial charge on any atom is 0.270 e. The number of nitrogens with zero attached hydrogens (tertiary/aromatic N) is 4. The number of piperazine rings is 1. The van der Waals surface area contributed by atoms with E-state index in [1.165, 1.54) is 5.56 Å². The van der Waals surface area contributed by atoms with E-state index in [-0.39, 0.29) is 41.7 Å². The third-order valence-corrected chi connectivity index (χ3v) is 9.68. The average Bonchev–Trinajstić information content (AvgIpc) is 3.48. The van der Waals surface area contributed by atoms with Crippen LogP contribution in [0, 0.1) is 5.92 Å². The fourth-order valence-corrected chi connectivity index (χ4v) is 6.74. The second kappa shape index (κ2) is 18.3. The van der Waals surface area contributed by atoms with E-state index < -0.39 is 6.04 Å². The standard InChI is InChI=1S/C39H51N7O4/c1-3-35(47)42-33(39(50)45-24-22-44(23-25-45)28-31-12-8-7-9-13-31)26-29-16-18-30(19-17-29)27-40-38(49)36(32-14-10-5-6-11-15-32)43-37(48)34-20-21-41-46(34)4-2/h7-9,12-13,16-21,26,32,36H,3-6,10-11,14-15,22-25,27-28H2,1-2H3,(H,40,49)(H,42,47)(H,43,48)/b33-26+/t36-/m0/s1. The van der Waals surface area contributed by atoms with Crippen LogP contribution in [-0.4, -0.2) is 75.4 Å². The monoisotopic (exact) mass is 681 g/mol. The quantitative estimate of drug-likeness (QED) is 0.180. The van der Waals surface area contributed by atoms with Gasteiger partial charge in [-0.1, -0.05) is 87.2 Å². The molecule has 11 nitrogen and oxygen atoms in total. The summed E-state index contributed by atoms with van der Waals surface area (Å²) in [6.45, 7) is 8.04. The van der Waals surface area contributed by atoms with E-state index in [1.807, 2.05) is 49.4 Å². The molecule has 1 saturated carbocycles. The second-order valence-electron chi connectivity index (χ2n) is 13.2. The Labute approximate surface area is 295 Å². The fourth-order valence-electron chi connectivity index (χ4n) is 6.74. The minimum Gasteiger partial charge on any atom is -0.350 e. The van der Waals surface area contributed by atoms with Gasteiger partial charge in [-0.15, -0.1) is 0 Å². The van der Waals surface area contributed by atoms with Gasteiger partial charge in [-0.3, -0.25) is 28.8 Å². The first kappa shape index (κ1) is 36.5. The van der Waals surface area contributed by atoms with Crippen molar-refractivity contribution in [3.63, 3.8) is 0 Å². The van der Waals surface area contributed by atoms with Gasteiger partial charge in [0.1, 0.15) is 17.4 Å². The molecule has 266 valence electrons. The smallest absolute Gasteiger partial charge is 0.270 e. The van der Waals surface area contributed by atoms with Crippen molar-refractivity contribution in [2.75, 3.05) is 26.2 Å². The summed E-state index contributed by atoms with van der Waals surface area (Å²) in [6.07, 6.45) is 9.73. The predicted octanol–water partition coefficient (Wildman–Crippen LogP) is 4.50. The maximum atomic E-state index is 13.6. The molecule has 1 atom stereocenters. The van der Waals surface area contributed by atoms with Crippen LogP contribution in [0.3, 0.4) is 0 Å². The number of nitrogens with one attached hydrogen (secondary N) is 3. The Morgan fingerprint density at radius 1 is 0.860 bits per heavy atom. The normalized spacial score (nSPS) is 16.7. The van der Waals surface area contributed by atoms with Crippen LogP contribution in [0.15, 0.2) is 72.6 Å². The van der Waals surface area contributed by atoms with Gasteiger partial charge < -0.3 is 20.9 Å². The Balaban J connectivity index is 1.21. The van der Waals surface area contributed by atoms with Crippen molar-refractivity contribution >= 4 is 29.7 Å². The molecule has 0 radical (unpaired) electrons. The van der Waals surface area contributed by atoms with Crippen molar-refractivity contribution in [2.45, 2.75) is 84.5 Å². The number of rotatable bonds is 13. The Morgan fingerprint density at radius 3 is 2.22 bits per heavy atom. The first-order valence-electron chi connectivity index (χ1n) is 18.1. The number of benzene rings is 2. The maximum absolute atomic E-state index is 13.6. The molecule has 0 unspecified atom stereocenters. The zero-order chi connectivity index (χ0) is 35.3. The molecule has 2 heterocycles. The summed E-state index contributed by atoms with van der Waals surface area (Å²) in [5.41, 5.74) is 3.58. The summed E-state index contributed by atoms with van der Waals surface area (Å²) < 4.78 is 1.63. The lowest BCUT2D eigenvalue weighted by atomic mass is 9.91. The van der Waals surface area contributed by atoms with Crippen LogP contribution in [0.4, 0.5) is 0 Å². The second-order valence-corrected chi connectivity index (χ2v) is 13.2. The van der Waals surface area contributed by atoms with Crippen molar-refractivity contribution in [3.05, 3.63) is 94.9 Å². The third-order valence-electron chi connectivity index (χ3n) is 9.68. The lowest BCUT2D eigenvalue weighted by Gasteiger charge is -2.35. The minimum absolute atomic E-state index is 0.0630. The Kier molecular flexibility index (Phi) is 13.4. The van der Waals surface area contributed by atoms with E-state index >= 15 is 0 Å². The van der Waals surface area contributed by atoms with E-state index in [2.05, 4.69) is 38.1 Å². The molecule has 2 aromatic carbocycles. The summed E-state index contributed by atoms with van der Waals surface area (Å²) in [7, 11) is 0. The largest absolute Gasteiger partial charge is 0.350 e. The molecule has 2 fully saturated rings. The first-order chi connectivity index (χ1) is 24.3. The topological polar surface area (TPSA) is 129 Å². The molecule has 4 amide bonds. The van der Waals surface area contributed by atoms with Crippen molar-refractivity contribution in [1.82, 2.24) is 35.5 Å². The van der Waals surface area contributed by atoms with Gasteiger partial charge in [0.05, 0.1) is 0 Å². The molecule has 11 heteroatoms. The molecule has 2 aliphatic rings. The van der Waals surface area contributed by atoms with E-state index in [9.17, 15) is 19.2 Å². The first-order valence-corrected chi connectivity index (χ1v) is 18.1.